The zero-order valence-electron chi connectivity index (χ0n) is 22.1. The molecule has 0 bridgehead atoms. The second-order valence-corrected chi connectivity index (χ2v) is 11.8. The number of esters is 1. The van der Waals surface area contributed by atoms with Crippen molar-refractivity contribution in [1.29, 1.82) is 0 Å². The van der Waals surface area contributed by atoms with Crippen LogP contribution in [0.5, 0.6) is 0 Å². The molecular weight excluding hydrogens is 522 g/mol. The molecule has 1 aromatic carbocycles. The number of benzene rings is 1. The minimum Gasteiger partial charge on any atom is -0.462 e. The number of amides is 1. The molecule has 0 radical (unpaired) electrons. The summed E-state index contributed by atoms with van der Waals surface area (Å²) in [5, 5.41) is 4.76. The van der Waals surface area contributed by atoms with E-state index >= 15 is 0 Å². The summed E-state index contributed by atoms with van der Waals surface area (Å²) < 4.78 is 9.58. The third-order valence-electron chi connectivity index (χ3n) is 7.09. The van der Waals surface area contributed by atoms with E-state index in [2.05, 4.69) is 11.9 Å². The zero-order valence-corrected chi connectivity index (χ0v) is 23.6. The fraction of sp³-hybridized carbons (Fsp3) is 0.429. The number of thiazole rings is 1. The highest BCUT2D eigenvalue weighted by Crippen LogP contribution is 2.33. The molecule has 1 saturated carbocycles. The number of halogens is 1. The normalized spacial score (nSPS) is 17.7. The Labute approximate surface area is 231 Å². The van der Waals surface area contributed by atoms with Crippen LogP contribution in [0, 0.1) is 11.8 Å². The molecule has 8 nitrogen and oxygen atoms in total. The van der Waals surface area contributed by atoms with Crippen molar-refractivity contribution < 1.29 is 14.3 Å². The van der Waals surface area contributed by atoms with Gasteiger partial charge in [0, 0.05) is 36.1 Å². The molecule has 10 heteroatoms. The molecule has 1 aliphatic rings. The Balaban J connectivity index is 1.47. The summed E-state index contributed by atoms with van der Waals surface area (Å²) in [6.07, 6.45) is 9.23. The van der Waals surface area contributed by atoms with Crippen LogP contribution in [0.25, 0.3) is 21.9 Å². The van der Waals surface area contributed by atoms with Crippen molar-refractivity contribution in [2.45, 2.75) is 59.4 Å². The second kappa shape index (κ2) is 10.9. The summed E-state index contributed by atoms with van der Waals surface area (Å²) in [4.78, 5) is 33.8. The number of hydrogen-bond acceptors (Lipinski definition) is 6. The topological polar surface area (TPSA) is 81.7 Å². The number of carbonyl (C=O) groups excluding carboxylic acids is 2. The number of nitrogens with zero attached hydrogens (tertiary/aromatic N) is 5. The van der Waals surface area contributed by atoms with E-state index in [-0.39, 0.29) is 30.0 Å². The van der Waals surface area contributed by atoms with E-state index in [1.807, 2.05) is 54.9 Å². The van der Waals surface area contributed by atoms with Crippen LogP contribution in [0.2, 0.25) is 4.34 Å². The molecule has 1 aliphatic carbocycles. The first-order valence-electron chi connectivity index (χ1n) is 13.1. The van der Waals surface area contributed by atoms with Crippen molar-refractivity contribution in [2.75, 3.05) is 11.5 Å². The van der Waals surface area contributed by atoms with Crippen LogP contribution in [0.1, 0.15) is 63.7 Å². The zero-order chi connectivity index (χ0) is 27.0. The third kappa shape index (κ3) is 5.22. The molecule has 0 unspecified atom stereocenters. The molecule has 3 aromatic heterocycles. The highest BCUT2D eigenvalue weighted by Gasteiger charge is 2.34. The lowest BCUT2D eigenvalue weighted by Gasteiger charge is -2.32. The fourth-order valence-corrected chi connectivity index (χ4v) is 6.03. The molecule has 38 heavy (non-hydrogen) atoms. The van der Waals surface area contributed by atoms with E-state index in [9.17, 15) is 9.59 Å². The van der Waals surface area contributed by atoms with Crippen LogP contribution < -0.4 is 4.90 Å². The third-order valence-corrected chi connectivity index (χ3v) is 8.21. The lowest BCUT2D eigenvalue weighted by molar-refractivity contribution is -0.124. The molecule has 1 amide bonds. The van der Waals surface area contributed by atoms with Crippen molar-refractivity contribution in [3.8, 4) is 16.9 Å². The highest BCUT2D eigenvalue weighted by atomic mass is 35.5. The summed E-state index contributed by atoms with van der Waals surface area (Å²) in [5.74, 6) is 0.459. The Hall–Kier alpha value is -3.17. The van der Waals surface area contributed by atoms with Gasteiger partial charge in [0.1, 0.15) is 9.90 Å². The molecular formula is C28H32ClN5O3S. The van der Waals surface area contributed by atoms with Crippen LogP contribution >= 0.6 is 22.9 Å². The monoisotopic (exact) mass is 553 g/mol. The number of carbonyl (C=O) groups is 2. The maximum atomic E-state index is 13.7. The van der Waals surface area contributed by atoms with Crippen molar-refractivity contribution in [3.63, 3.8) is 0 Å². The maximum Gasteiger partial charge on any atom is 0.343 e. The highest BCUT2D eigenvalue weighted by molar-refractivity contribution is 7.20. The van der Waals surface area contributed by atoms with Crippen LogP contribution in [-0.2, 0) is 9.53 Å². The Morgan fingerprint density at radius 2 is 1.84 bits per heavy atom. The average molecular weight is 554 g/mol. The molecule has 5 rings (SSSR count). The van der Waals surface area contributed by atoms with Gasteiger partial charge in [0.15, 0.2) is 10.8 Å². The molecule has 0 aliphatic heterocycles. The minimum absolute atomic E-state index is 0.0258. The Morgan fingerprint density at radius 1 is 1.13 bits per heavy atom. The van der Waals surface area contributed by atoms with Gasteiger partial charge in [0.2, 0.25) is 5.91 Å². The number of fused-ring (bicyclic) bond motifs is 1. The number of rotatable bonds is 7. The van der Waals surface area contributed by atoms with E-state index in [1.54, 1.807) is 22.7 Å². The minimum atomic E-state index is -0.488. The van der Waals surface area contributed by atoms with Gasteiger partial charge in [-0.15, -0.1) is 5.10 Å². The van der Waals surface area contributed by atoms with Crippen molar-refractivity contribution in [1.82, 2.24) is 19.2 Å². The van der Waals surface area contributed by atoms with E-state index in [0.29, 0.717) is 16.1 Å². The van der Waals surface area contributed by atoms with Crippen LogP contribution in [0.3, 0.4) is 0 Å². The Morgan fingerprint density at radius 3 is 2.47 bits per heavy atom. The van der Waals surface area contributed by atoms with Gasteiger partial charge in [-0.3, -0.25) is 14.1 Å². The molecule has 0 saturated heterocycles. The van der Waals surface area contributed by atoms with Gasteiger partial charge in [-0.25, -0.2) is 14.5 Å². The lowest BCUT2D eigenvalue weighted by Crippen LogP contribution is -2.43. The van der Waals surface area contributed by atoms with Gasteiger partial charge in [0.05, 0.1) is 18.0 Å². The molecule has 0 N–H and O–H groups in total. The number of imidazole rings is 1. The first-order valence-corrected chi connectivity index (χ1v) is 14.3. The van der Waals surface area contributed by atoms with Crippen LogP contribution in [0.15, 0.2) is 42.9 Å². The quantitative estimate of drug-likeness (QED) is 0.239. The van der Waals surface area contributed by atoms with Gasteiger partial charge in [0.25, 0.3) is 0 Å². The van der Waals surface area contributed by atoms with Crippen molar-refractivity contribution in [3.05, 3.63) is 52.8 Å². The van der Waals surface area contributed by atoms with E-state index in [1.165, 1.54) is 11.3 Å². The summed E-state index contributed by atoms with van der Waals surface area (Å²) in [7, 11) is 0. The standard InChI is InChI=1S/C28H32ClN5O3S/c1-5-37-27(36)22-14-33(31-25(22)34(17(2)3)26(35)20-8-6-18(4)7-9-20)21-12-10-19(11-13-21)23-15-32-16-24(29)38-28(32)30-23/h10-18,20H,5-9H2,1-4H3. The summed E-state index contributed by atoms with van der Waals surface area (Å²) >= 11 is 7.49. The summed E-state index contributed by atoms with van der Waals surface area (Å²) in [6, 6.07) is 7.60. The number of hydrogen-bond donors (Lipinski definition) is 0. The van der Waals surface area contributed by atoms with E-state index in [0.717, 1.165) is 47.6 Å². The lowest BCUT2D eigenvalue weighted by atomic mass is 9.82. The molecule has 1 fully saturated rings. The van der Waals surface area contributed by atoms with Crippen molar-refractivity contribution >= 4 is 45.6 Å². The molecule has 0 spiro atoms. The fourth-order valence-electron chi connectivity index (χ4n) is 5.03. The number of ether oxygens (including phenoxy) is 1. The van der Waals surface area contributed by atoms with Gasteiger partial charge in [-0.2, -0.15) is 0 Å². The van der Waals surface area contributed by atoms with Crippen molar-refractivity contribution in [2.24, 2.45) is 11.8 Å². The van der Waals surface area contributed by atoms with Gasteiger partial charge in [-0.1, -0.05) is 42.0 Å². The Bertz CT molecular complexity index is 1420. The average Bonchev–Trinajstić information content (AvgIpc) is 3.58. The SMILES string of the molecule is CCOC(=O)c1cn(-c2ccc(-c3cn4cc(Cl)sc4n3)cc2)nc1N(C(=O)C1CCC(C)CC1)C(C)C. The van der Waals surface area contributed by atoms with Crippen LogP contribution in [0.4, 0.5) is 5.82 Å². The van der Waals surface area contributed by atoms with E-state index < -0.39 is 5.97 Å². The Kier molecular flexibility index (Phi) is 7.59. The van der Waals surface area contributed by atoms with Gasteiger partial charge in [-0.05, 0) is 64.5 Å². The maximum absolute atomic E-state index is 13.7. The molecule has 4 aromatic rings. The predicted molar refractivity (Wildman–Crippen MR) is 150 cm³/mol. The first-order chi connectivity index (χ1) is 18.2. The summed E-state index contributed by atoms with van der Waals surface area (Å²) in [5.41, 5.74) is 2.83. The second-order valence-electron chi connectivity index (χ2n) is 10.2. The first kappa shape index (κ1) is 26.4. The summed E-state index contributed by atoms with van der Waals surface area (Å²) in [6.45, 7) is 8.15. The largest absolute Gasteiger partial charge is 0.462 e. The van der Waals surface area contributed by atoms with Gasteiger partial charge < -0.3 is 4.74 Å². The number of anilines is 1. The predicted octanol–water partition coefficient (Wildman–Crippen LogP) is 6.65. The van der Waals surface area contributed by atoms with Gasteiger partial charge >= 0.3 is 5.97 Å². The smallest absolute Gasteiger partial charge is 0.343 e. The molecule has 0 atom stereocenters. The van der Waals surface area contributed by atoms with Crippen LogP contribution in [-0.4, -0.2) is 43.7 Å². The molecule has 200 valence electrons. The molecule has 3 heterocycles. The van der Waals surface area contributed by atoms with E-state index in [4.69, 9.17) is 21.4 Å². The number of aromatic nitrogens is 4.